The highest BCUT2D eigenvalue weighted by Gasteiger charge is 2.15. The zero-order chi connectivity index (χ0) is 22.6. The van der Waals surface area contributed by atoms with Crippen molar-refractivity contribution in [3.05, 3.63) is 17.7 Å². The van der Waals surface area contributed by atoms with Gasteiger partial charge in [-0.05, 0) is 34.1 Å². The minimum Gasteiger partial charge on any atom is -0.496 e. The van der Waals surface area contributed by atoms with E-state index in [0.29, 0.717) is 42.8 Å². The molecule has 0 bridgehead atoms. The molecule has 0 atom stereocenters. The van der Waals surface area contributed by atoms with Crippen LogP contribution in [0.15, 0.2) is 17.1 Å². The van der Waals surface area contributed by atoms with Crippen molar-refractivity contribution < 1.29 is 23.7 Å². The average molecular weight is 425 g/mol. The van der Waals surface area contributed by atoms with Crippen LogP contribution in [0.5, 0.6) is 17.2 Å². The molecule has 0 fully saturated rings. The third-order valence-corrected chi connectivity index (χ3v) is 3.87. The summed E-state index contributed by atoms with van der Waals surface area (Å²) in [7, 11) is 4.79. The minimum atomic E-state index is -0.503. The van der Waals surface area contributed by atoms with Gasteiger partial charge in [-0.1, -0.05) is 0 Å². The van der Waals surface area contributed by atoms with Gasteiger partial charge in [0, 0.05) is 31.8 Å². The number of methoxy groups -OCH3 is 3. The number of alkyl carbamates (subject to hydrolysis) is 1. The topological polar surface area (TPSA) is 102 Å². The summed E-state index contributed by atoms with van der Waals surface area (Å²) in [4.78, 5) is 16.3. The Labute approximate surface area is 179 Å². The summed E-state index contributed by atoms with van der Waals surface area (Å²) >= 11 is 0. The molecule has 0 aliphatic carbocycles. The van der Waals surface area contributed by atoms with E-state index in [2.05, 4.69) is 20.9 Å². The predicted octanol–water partition coefficient (Wildman–Crippen LogP) is 2.68. The van der Waals surface area contributed by atoms with E-state index in [1.165, 1.54) is 0 Å². The van der Waals surface area contributed by atoms with Crippen molar-refractivity contribution in [2.45, 2.75) is 46.3 Å². The SMILES string of the molecule is CCNC(=NCc1c(OC)cc(OC)cc1OC)NCCCNC(=O)OC(C)(C)C. The summed E-state index contributed by atoms with van der Waals surface area (Å²) in [6, 6.07) is 3.60. The molecule has 30 heavy (non-hydrogen) atoms. The Morgan fingerprint density at radius 2 is 1.57 bits per heavy atom. The summed E-state index contributed by atoms with van der Waals surface area (Å²) in [5, 5.41) is 9.19. The molecular formula is C21H36N4O5. The number of nitrogens with zero attached hydrogens (tertiary/aromatic N) is 1. The Morgan fingerprint density at radius 1 is 0.967 bits per heavy atom. The molecule has 0 aliphatic rings. The van der Waals surface area contributed by atoms with Crippen molar-refractivity contribution in [3.8, 4) is 17.2 Å². The first-order valence-corrected chi connectivity index (χ1v) is 10.0. The monoisotopic (exact) mass is 424 g/mol. The molecule has 9 heteroatoms. The number of nitrogens with one attached hydrogen (secondary N) is 3. The molecule has 0 radical (unpaired) electrons. The van der Waals surface area contributed by atoms with Crippen molar-refractivity contribution in [1.29, 1.82) is 0 Å². The smallest absolute Gasteiger partial charge is 0.407 e. The number of rotatable bonds is 10. The summed E-state index contributed by atoms with van der Waals surface area (Å²) in [5.41, 5.74) is 0.321. The second kappa shape index (κ2) is 12.7. The predicted molar refractivity (Wildman–Crippen MR) is 118 cm³/mol. The van der Waals surface area contributed by atoms with Gasteiger partial charge in [-0.15, -0.1) is 0 Å². The normalized spacial score (nSPS) is 11.5. The number of hydrogen-bond acceptors (Lipinski definition) is 6. The maximum atomic E-state index is 11.7. The molecule has 1 aromatic rings. The van der Waals surface area contributed by atoms with E-state index >= 15 is 0 Å². The fourth-order valence-electron chi connectivity index (χ4n) is 2.53. The molecule has 0 saturated carbocycles. The highest BCUT2D eigenvalue weighted by atomic mass is 16.6. The van der Waals surface area contributed by atoms with Crippen LogP contribution >= 0.6 is 0 Å². The number of benzene rings is 1. The molecule has 0 aliphatic heterocycles. The van der Waals surface area contributed by atoms with Gasteiger partial charge < -0.3 is 34.9 Å². The first-order chi connectivity index (χ1) is 14.2. The fraction of sp³-hybridized carbons (Fsp3) is 0.619. The van der Waals surface area contributed by atoms with Crippen molar-refractivity contribution in [2.24, 2.45) is 4.99 Å². The molecule has 1 amide bonds. The number of guanidine groups is 1. The van der Waals surface area contributed by atoms with E-state index in [1.807, 2.05) is 27.7 Å². The van der Waals surface area contributed by atoms with E-state index in [1.54, 1.807) is 33.5 Å². The van der Waals surface area contributed by atoms with Gasteiger partial charge in [0.15, 0.2) is 5.96 Å². The molecule has 0 saturated heterocycles. The molecule has 1 rings (SSSR count). The van der Waals surface area contributed by atoms with Crippen molar-refractivity contribution in [2.75, 3.05) is 41.0 Å². The van der Waals surface area contributed by atoms with E-state index < -0.39 is 11.7 Å². The summed E-state index contributed by atoms with van der Waals surface area (Å²) in [6.07, 6.45) is 0.306. The van der Waals surface area contributed by atoms with E-state index in [9.17, 15) is 4.79 Å². The number of ether oxygens (including phenoxy) is 4. The largest absolute Gasteiger partial charge is 0.496 e. The van der Waals surface area contributed by atoms with Crippen molar-refractivity contribution in [3.63, 3.8) is 0 Å². The van der Waals surface area contributed by atoms with Gasteiger partial charge in [0.2, 0.25) is 0 Å². The zero-order valence-electron chi connectivity index (χ0n) is 19.2. The molecular weight excluding hydrogens is 388 g/mol. The number of aliphatic imine (C=N–C) groups is 1. The summed E-state index contributed by atoms with van der Waals surface area (Å²) in [5.74, 6) is 2.60. The highest BCUT2D eigenvalue weighted by Crippen LogP contribution is 2.34. The molecule has 1 aromatic carbocycles. The lowest BCUT2D eigenvalue weighted by Crippen LogP contribution is -2.39. The fourth-order valence-corrected chi connectivity index (χ4v) is 2.53. The van der Waals surface area contributed by atoms with E-state index in [4.69, 9.17) is 18.9 Å². The third kappa shape index (κ3) is 9.11. The van der Waals surface area contributed by atoms with Crippen LogP contribution in [0.3, 0.4) is 0 Å². The lowest BCUT2D eigenvalue weighted by Gasteiger charge is -2.19. The second-order valence-electron chi connectivity index (χ2n) is 7.41. The van der Waals surface area contributed by atoms with Crippen molar-refractivity contribution in [1.82, 2.24) is 16.0 Å². The number of carbonyl (C=O) groups is 1. The van der Waals surface area contributed by atoms with Crippen LogP contribution in [0.2, 0.25) is 0 Å². The van der Waals surface area contributed by atoms with Crippen LogP contribution in [-0.2, 0) is 11.3 Å². The van der Waals surface area contributed by atoms with Crippen LogP contribution in [-0.4, -0.2) is 58.6 Å². The van der Waals surface area contributed by atoms with Crippen LogP contribution in [0.4, 0.5) is 4.79 Å². The molecule has 9 nitrogen and oxygen atoms in total. The zero-order valence-corrected chi connectivity index (χ0v) is 19.2. The first-order valence-electron chi connectivity index (χ1n) is 10.0. The third-order valence-electron chi connectivity index (χ3n) is 3.87. The molecule has 0 aromatic heterocycles. The van der Waals surface area contributed by atoms with Gasteiger partial charge in [0.25, 0.3) is 0 Å². The maximum Gasteiger partial charge on any atom is 0.407 e. The van der Waals surface area contributed by atoms with E-state index in [-0.39, 0.29) is 0 Å². The van der Waals surface area contributed by atoms with Crippen molar-refractivity contribution >= 4 is 12.1 Å². The highest BCUT2D eigenvalue weighted by molar-refractivity contribution is 5.79. The Hall–Kier alpha value is -2.84. The number of amides is 1. The Kier molecular flexibility index (Phi) is 10.6. The molecule has 0 spiro atoms. The van der Waals surface area contributed by atoms with Gasteiger partial charge in [-0.25, -0.2) is 9.79 Å². The Bertz CT molecular complexity index is 676. The van der Waals surface area contributed by atoms with Crippen LogP contribution < -0.4 is 30.2 Å². The maximum absolute atomic E-state index is 11.7. The lowest BCUT2D eigenvalue weighted by molar-refractivity contribution is 0.0527. The summed E-state index contributed by atoms with van der Waals surface area (Å²) < 4.78 is 21.4. The van der Waals surface area contributed by atoms with Crippen LogP contribution in [0.1, 0.15) is 39.7 Å². The number of carbonyl (C=O) groups excluding carboxylic acids is 1. The van der Waals surface area contributed by atoms with Gasteiger partial charge in [0.05, 0.1) is 33.4 Å². The first kappa shape index (κ1) is 25.2. The van der Waals surface area contributed by atoms with Gasteiger partial charge in [-0.2, -0.15) is 0 Å². The van der Waals surface area contributed by atoms with Crippen LogP contribution in [0.25, 0.3) is 0 Å². The molecule has 3 N–H and O–H groups in total. The quantitative estimate of drug-likeness (QED) is 0.301. The summed E-state index contributed by atoms with van der Waals surface area (Å²) in [6.45, 7) is 9.72. The molecule has 0 heterocycles. The van der Waals surface area contributed by atoms with Gasteiger partial charge >= 0.3 is 6.09 Å². The van der Waals surface area contributed by atoms with Gasteiger partial charge in [-0.3, -0.25) is 0 Å². The standard InChI is InChI=1S/C21H36N4O5/c1-8-22-19(23-10-9-11-24-20(26)30-21(2,3)4)25-14-16-17(28-6)12-15(27-5)13-18(16)29-7/h12-13H,8-11,14H2,1-7H3,(H,24,26)(H2,22,23,25). The average Bonchev–Trinajstić information content (AvgIpc) is 2.69. The number of hydrogen-bond donors (Lipinski definition) is 3. The van der Waals surface area contributed by atoms with E-state index in [0.717, 1.165) is 18.5 Å². The van der Waals surface area contributed by atoms with Gasteiger partial charge in [0.1, 0.15) is 22.8 Å². The lowest BCUT2D eigenvalue weighted by atomic mass is 10.1. The Morgan fingerprint density at radius 3 is 2.07 bits per heavy atom. The molecule has 170 valence electrons. The van der Waals surface area contributed by atoms with Crippen LogP contribution in [0, 0.1) is 0 Å². The second-order valence-corrected chi connectivity index (χ2v) is 7.41. The minimum absolute atomic E-state index is 0.363. The Balaban J connectivity index is 2.66. The molecule has 0 unspecified atom stereocenters.